The molecule has 14 heavy (non-hydrogen) atoms. The summed E-state index contributed by atoms with van der Waals surface area (Å²) in [6.07, 6.45) is 3.54. The van der Waals surface area contributed by atoms with E-state index in [9.17, 15) is 0 Å². The topological polar surface area (TPSA) is 38.0 Å². The van der Waals surface area contributed by atoms with Gasteiger partial charge in [-0.1, -0.05) is 17.7 Å². The number of halogens is 1. The predicted molar refractivity (Wildman–Crippen MR) is 60.6 cm³/mol. The van der Waals surface area contributed by atoms with E-state index in [1.807, 2.05) is 18.2 Å². The third-order valence-corrected chi connectivity index (χ3v) is 2.97. The zero-order valence-electron chi connectivity index (χ0n) is 8.09. The fourth-order valence-electron chi connectivity index (χ4n) is 1.95. The van der Waals surface area contributed by atoms with Crippen molar-refractivity contribution in [2.45, 2.75) is 25.3 Å². The zero-order chi connectivity index (χ0) is 9.97. The number of hydrogen-bond acceptors (Lipinski definition) is 2. The first-order valence-electron chi connectivity index (χ1n) is 5.03. The normalized spacial score (nSPS) is 21.4. The first-order chi connectivity index (χ1) is 6.75. The van der Waals surface area contributed by atoms with Gasteiger partial charge >= 0.3 is 0 Å². The van der Waals surface area contributed by atoms with Crippen LogP contribution in [-0.2, 0) is 6.42 Å². The van der Waals surface area contributed by atoms with E-state index in [4.69, 9.17) is 17.3 Å². The fraction of sp³-hybridized carbons (Fsp3) is 0.455. The Bertz CT molecular complexity index is 319. The smallest absolute Gasteiger partial charge is 0.0426 e. The Morgan fingerprint density at radius 2 is 2.36 bits per heavy atom. The summed E-state index contributed by atoms with van der Waals surface area (Å²) >= 11 is 5.84. The zero-order valence-corrected chi connectivity index (χ0v) is 8.85. The van der Waals surface area contributed by atoms with E-state index in [0.29, 0.717) is 11.1 Å². The Hall–Kier alpha value is -0.730. The molecular weight excluding hydrogens is 196 g/mol. The van der Waals surface area contributed by atoms with Crippen molar-refractivity contribution in [1.29, 1.82) is 0 Å². The van der Waals surface area contributed by atoms with E-state index in [1.54, 1.807) is 0 Å². The molecule has 1 atom stereocenters. The molecule has 0 aromatic heterocycles. The van der Waals surface area contributed by atoms with Gasteiger partial charge in [0.25, 0.3) is 0 Å². The highest BCUT2D eigenvalue weighted by atomic mass is 35.5. The van der Waals surface area contributed by atoms with Crippen molar-refractivity contribution in [3.8, 4) is 0 Å². The lowest BCUT2D eigenvalue weighted by Gasteiger charge is -2.12. The van der Waals surface area contributed by atoms with Gasteiger partial charge in [0.1, 0.15) is 0 Å². The fourth-order valence-corrected chi connectivity index (χ4v) is 2.13. The summed E-state index contributed by atoms with van der Waals surface area (Å²) in [5, 5.41) is 4.17. The molecular formula is C11H15ClN2. The molecule has 1 aromatic carbocycles. The van der Waals surface area contributed by atoms with Gasteiger partial charge in [0.05, 0.1) is 0 Å². The quantitative estimate of drug-likeness (QED) is 0.735. The van der Waals surface area contributed by atoms with Crippen LogP contribution < -0.4 is 11.1 Å². The van der Waals surface area contributed by atoms with E-state index in [1.165, 1.54) is 18.4 Å². The molecule has 2 nitrogen and oxygen atoms in total. The van der Waals surface area contributed by atoms with E-state index >= 15 is 0 Å². The molecule has 0 radical (unpaired) electrons. The van der Waals surface area contributed by atoms with Crippen LogP contribution in [0.25, 0.3) is 0 Å². The minimum atomic E-state index is 0.596. The van der Waals surface area contributed by atoms with Gasteiger partial charge in [-0.3, -0.25) is 0 Å². The number of hydrogen-bond donors (Lipinski definition) is 2. The molecule has 1 aliphatic heterocycles. The number of benzene rings is 1. The molecule has 1 saturated heterocycles. The summed E-state index contributed by atoms with van der Waals surface area (Å²) in [5.41, 5.74) is 7.90. The van der Waals surface area contributed by atoms with Crippen LogP contribution in [-0.4, -0.2) is 12.6 Å². The lowest BCUT2D eigenvalue weighted by atomic mass is 10.0. The molecule has 1 heterocycles. The Kier molecular flexibility index (Phi) is 2.94. The Labute approximate surface area is 89.4 Å². The van der Waals surface area contributed by atoms with Crippen LogP contribution in [0.5, 0.6) is 0 Å². The Morgan fingerprint density at radius 3 is 3.00 bits per heavy atom. The van der Waals surface area contributed by atoms with Crippen LogP contribution in [0.2, 0.25) is 5.02 Å². The highest BCUT2D eigenvalue weighted by molar-refractivity contribution is 6.30. The van der Waals surface area contributed by atoms with E-state index in [2.05, 4.69) is 5.32 Å². The van der Waals surface area contributed by atoms with Gasteiger partial charge in [-0.25, -0.2) is 0 Å². The van der Waals surface area contributed by atoms with Crippen molar-refractivity contribution in [2.75, 3.05) is 12.3 Å². The van der Waals surface area contributed by atoms with Gasteiger partial charge in [-0.15, -0.1) is 0 Å². The van der Waals surface area contributed by atoms with E-state index in [-0.39, 0.29) is 0 Å². The molecule has 1 fully saturated rings. The van der Waals surface area contributed by atoms with Crippen LogP contribution in [0.4, 0.5) is 5.69 Å². The molecule has 0 saturated carbocycles. The second-order valence-electron chi connectivity index (χ2n) is 3.84. The predicted octanol–water partition coefficient (Wildman–Crippen LogP) is 2.22. The first-order valence-corrected chi connectivity index (χ1v) is 5.41. The van der Waals surface area contributed by atoms with Crippen molar-refractivity contribution < 1.29 is 0 Å². The summed E-state index contributed by atoms with van der Waals surface area (Å²) in [6, 6.07) is 6.35. The average molecular weight is 211 g/mol. The summed E-state index contributed by atoms with van der Waals surface area (Å²) in [6.45, 7) is 1.14. The third-order valence-electron chi connectivity index (χ3n) is 2.74. The summed E-state index contributed by atoms with van der Waals surface area (Å²) in [7, 11) is 0. The highest BCUT2D eigenvalue weighted by Gasteiger charge is 2.15. The molecule has 0 spiro atoms. The van der Waals surface area contributed by atoms with Gasteiger partial charge in [0.15, 0.2) is 0 Å². The van der Waals surface area contributed by atoms with E-state index in [0.717, 1.165) is 18.7 Å². The maximum atomic E-state index is 5.89. The van der Waals surface area contributed by atoms with Crippen molar-refractivity contribution in [3.63, 3.8) is 0 Å². The molecule has 3 heteroatoms. The number of nitrogens with one attached hydrogen (secondary N) is 1. The monoisotopic (exact) mass is 210 g/mol. The van der Waals surface area contributed by atoms with Crippen LogP contribution in [0.1, 0.15) is 18.4 Å². The largest absolute Gasteiger partial charge is 0.398 e. The molecule has 0 bridgehead atoms. The minimum Gasteiger partial charge on any atom is -0.398 e. The van der Waals surface area contributed by atoms with E-state index < -0.39 is 0 Å². The van der Waals surface area contributed by atoms with Crippen molar-refractivity contribution in [2.24, 2.45) is 0 Å². The molecule has 0 amide bonds. The van der Waals surface area contributed by atoms with Crippen LogP contribution in [0.3, 0.4) is 0 Å². The van der Waals surface area contributed by atoms with Gasteiger partial charge in [0.2, 0.25) is 0 Å². The average Bonchev–Trinajstić information content (AvgIpc) is 2.62. The van der Waals surface area contributed by atoms with Gasteiger partial charge in [-0.05, 0) is 43.5 Å². The molecule has 1 unspecified atom stereocenters. The number of nitrogen functional groups attached to an aromatic ring is 1. The van der Waals surface area contributed by atoms with Crippen molar-refractivity contribution in [3.05, 3.63) is 28.8 Å². The molecule has 76 valence electrons. The molecule has 0 aliphatic carbocycles. The molecule has 1 aromatic rings. The summed E-state index contributed by atoms with van der Waals surface area (Å²) < 4.78 is 0. The Balaban J connectivity index is 2.08. The van der Waals surface area contributed by atoms with Gasteiger partial charge in [-0.2, -0.15) is 0 Å². The van der Waals surface area contributed by atoms with Crippen LogP contribution >= 0.6 is 11.6 Å². The lowest BCUT2D eigenvalue weighted by molar-refractivity contribution is 0.604. The van der Waals surface area contributed by atoms with Crippen LogP contribution in [0, 0.1) is 0 Å². The van der Waals surface area contributed by atoms with Crippen molar-refractivity contribution in [1.82, 2.24) is 5.32 Å². The summed E-state index contributed by atoms with van der Waals surface area (Å²) in [4.78, 5) is 0. The molecule has 3 N–H and O–H groups in total. The van der Waals surface area contributed by atoms with Gasteiger partial charge < -0.3 is 11.1 Å². The number of rotatable bonds is 2. The third kappa shape index (κ3) is 2.20. The SMILES string of the molecule is Nc1cc(Cl)ccc1CC1CCCN1. The standard InChI is InChI=1S/C11H15ClN2/c12-9-4-3-8(11(13)7-9)6-10-2-1-5-14-10/h3-4,7,10,14H,1-2,5-6,13H2. The summed E-state index contributed by atoms with van der Waals surface area (Å²) in [5.74, 6) is 0. The first kappa shape index (κ1) is 9.81. The Morgan fingerprint density at radius 1 is 1.50 bits per heavy atom. The number of anilines is 1. The lowest BCUT2D eigenvalue weighted by Crippen LogP contribution is -2.24. The second-order valence-corrected chi connectivity index (χ2v) is 4.28. The maximum absolute atomic E-state index is 5.89. The maximum Gasteiger partial charge on any atom is 0.0426 e. The van der Waals surface area contributed by atoms with Crippen molar-refractivity contribution >= 4 is 17.3 Å². The van der Waals surface area contributed by atoms with Crippen LogP contribution in [0.15, 0.2) is 18.2 Å². The molecule has 1 aliphatic rings. The number of nitrogens with two attached hydrogens (primary N) is 1. The second kappa shape index (κ2) is 4.20. The molecule has 2 rings (SSSR count). The highest BCUT2D eigenvalue weighted by Crippen LogP contribution is 2.21. The minimum absolute atomic E-state index is 0.596. The van der Waals surface area contributed by atoms with Gasteiger partial charge in [0, 0.05) is 16.8 Å².